The molecular weight excluding hydrogens is 304 g/mol. The van der Waals surface area contributed by atoms with E-state index in [2.05, 4.69) is 10.1 Å². The van der Waals surface area contributed by atoms with Crippen molar-refractivity contribution in [3.63, 3.8) is 0 Å². The van der Waals surface area contributed by atoms with Crippen LogP contribution >= 0.6 is 12.4 Å². The molecule has 1 saturated carbocycles. The van der Waals surface area contributed by atoms with Crippen LogP contribution < -0.4 is 11.1 Å². The van der Waals surface area contributed by atoms with E-state index < -0.39 is 5.97 Å². The van der Waals surface area contributed by atoms with Crippen LogP contribution in [0.1, 0.15) is 41.6 Å². The van der Waals surface area contributed by atoms with Crippen LogP contribution in [-0.4, -0.2) is 25.0 Å². The molecule has 0 aromatic heterocycles. The Morgan fingerprint density at radius 1 is 1.36 bits per heavy atom. The zero-order valence-corrected chi connectivity index (χ0v) is 13.7. The van der Waals surface area contributed by atoms with Gasteiger partial charge in [-0.3, -0.25) is 4.79 Å². The summed E-state index contributed by atoms with van der Waals surface area (Å²) in [6.07, 6.45) is 3.53. The van der Waals surface area contributed by atoms with Gasteiger partial charge in [-0.25, -0.2) is 4.79 Å². The normalized spacial score (nSPS) is 20.1. The molecule has 0 radical (unpaired) electrons. The summed E-state index contributed by atoms with van der Waals surface area (Å²) in [6, 6.07) is 5.25. The van der Waals surface area contributed by atoms with Crippen molar-refractivity contribution < 1.29 is 14.3 Å². The number of halogens is 1. The molecule has 22 heavy (non-hydrogen) atoms. The second-order valence-electron chi connectivity index (χ2n) is 5.63. The van der Waals surface area contributed by atoms with Crippen LogP contribution in [0.5, 0.6) is 0 Å². The quantitative estimate of drug-likeness (QED) is 0.833. The molecule has 5 nitrogen and oxygen atoms in total. The maximum Gasteiger partial charge on any atom is 0.337 e. The minimum atomic E-state index is -0.414. The van der Waals surface area contributed by atoms with Gasteiger partial charge >= 0.3 is 5.97 Å². The van der Waals surface area contributed by atoms with Gasteiger partial charge in [0.1, 0.15) is 0 Å². The van der Waals surface area contributed by atoms with E-state index in [1.54, 1.807) is 18.2 Å². The van der Waals surface area contributed by atoms with E-state index in [4.69, 9.17) is 5.73 Å². The topological polar surface area (TPSA) is 81.4 Å². The van der Waals surface area contributed by atoms with Gasteiger partial charge in [0, 0.05) is 18.2 Å². The van der Waals surface area contributed by atoms with E-state index in [1.807, 2.05) is 6.92 Å². The second kappa shape index (κ2) is 8.15. The standard InChI is InChI=1S/C16H22N2O3.ClH/c1-10-6-7-12(16(20)21-2)8-14(10)18-15(19)9-11-4-3-5-13(11)17;/h6-8,11,13H,3-5,9,17H2,1-2H3,(H,18,19);1H/t11-,13+;/m0./s1. The first-order chi connectivity index (χ1) is 10.0. The van der Waals surface area contributed by atoms with Crippen LogP contribution in [0.3, 0.4) is 0 Å². The molecule has 6 heteroatoms. The summed E-state index contributed by atoms with van der Waals surface area (Å²) < 4.78 is 4.69. The van der Waals surface area contributed by atoms with Crippen molar-refractivity contribution in [3.8, 4) is 0 Å². The van der Waals surface area contributed by atoms with Crippen LogP contribution in [-0.2, 0) is 9.53 Å². The smallest absolute Gasteiger partial charge is 0.337 e. The van der Waals surface area contributed by atoms with Gasteiger partial charge in [0.25, 0.3) is 0 Å². The Hall–Kier alpha value is -1.59. The Morgan fingerprint density at radius 2 is 2.09 bits per heavy atom. The number of esters is 1. The van der Waals surface area contributed by atoms with Crippen molar-refractivity contribution in [1.82, 2.24) is 0 Å². The maximum atomic E-state index is 12.1. The van der Waals surface area contributed by atoms with Gasteiger partial charge in [-0.15, -0.1) is 12.4 Å². The lowest BCUT2D eigenvalue weighted by molar-refractivity contribution is -0.117. The molecule has 0 aliphatic heterocycles. The predicted molar refractivity (Wildman–Crippen MR) is 88.3 cm³/mol. The number of hydrogen-bond acceptors (Lipinski definition) is 4. The van der Waals surface area contributed by atoms with Crippen LogP contribution in [0.4, 0.5) is 5.69 Å². The molecule has 1 fully saturated rings. The van der Waals surface area contributed by atoms with Crippen molar-refractivity contribution >= 4 is 30.0 Å². The Bertz CT molecular complexity index is 548. The van der Waals surface area contributed by atoms with Crippen LogP contribution in [0.15, 0.2) is 18.2 Å². The van der Waals surface area contributed by atoms with Crippen LogP contribution in [0.25, 0.3) is 0 Å². The predicted octanol–water partition coefficient (Wildman–Crippen LogP) is 2.66. The second-order valence-corrected chi connectivity index (χ2v) is 5.63. The minimum Gasteiger partial charge on any atom is -0.465 e. The summed E-state index contributed by atoms with van der Waals surface area (Å²) in [5, 5.41) is 2.87. The number of benzene rings is 1. The Kier molecular flexibility index (Phi) is 6.84. The van der Waals surface area contributed by atoms with Crippen LogP contribution in [0.2, 0.25) is 0 Å². The van der Waals surface area contributed by atoms with E-state index >= 15 is 0 Å². The van der Waals surface area contributed by atoms with Crippen molar-refractivity contribution in [2.45, 2.75) is 38.6 Å². The fourth-order valence-corrected chi connectivity index (χ4v) is 2.76. The Balaban J connectivity index is 0.00000242. The first-order valence-electron chi connectivity index (χ1n) is 7.25. The van der Waals surface area contributed by atoms with Gasteiger partial charge in [0.2, 0.25) is 5.91 Å². The van der Waals surface area contributed by atoms with Crippen molar-refractivity contribution in [1.29, 1.82) is 0 Å². The number of rotatable bonds is 4. The Morgan fingerprint density at radius 3 is 2.68 bits per heavy atom. The van der Waals surface area contributed by atoms with E-state index in [1.165, 1.54) is 7.11 Å². The van der Waals surface area contributed by atoms with Gasteiger partial charge in [-0.1, -0.05) is 12.5 Å². The van der Waals surface area contributed by atoms with Gasteiger partial charge < -0.3 is 15.8 Å². The summed E-state index contributed by atoms with van der Waals surface area (Å²) in [7, 11) is 1.34. The van der Waals surface area contributed by atoms with Crippen molar-refractivity contribution in [2.75, 3.05) is 12.4 Å². The van der Waals surface area contributed by atoms with Gasteiger partial charge in [0.05, 0.1) is 12.7 Å². The molecule has 1 aromatic rings. The number of hydrogen-bond donors (Lipinski definition) is 2. The SMILES string of the molecule is COC(=O)c1ccc(C)c(NC(=O)C[C@@H]2CCC[C@H]2N)c1.Cl. The maximum absolute atomic E-state index is 12.1. The highest BCUT2D eigenvalue weighted by Gasteiger charge is 2.26. The van der Waals surface area contributed by atoms with Crippen molar-refractivity contribution in [3.05, 3.63) is 29.3 Å². The molecule has 1 aliphatic rings. The number of amides is 1. The molecule has 1 amide bonds. The minimum absolute atomic E-state index is 0. The zero-order chi connectivity index (χ0) is 15.4. The summed E-state index contributed by atoms with van der Waals surface area (Å²) in [5.74, 6) is -0.208. The van der Waals surface area contributed by atoms with Gasteiger partial charge in [0.15, 0.2) is 0 Å². The number of carbonyl (C=O) groups excluding carboxylic acids is 2. The summed E-state index contributed by atoms with van der Waals surface area (Å²) >= 11 is 0. The third kappa shape index (κ3) is 4.45. The molecule has 0 saturated heterocycles. The Labute approximate surface area is 137 Å². The molecular formula is C16H23ClN2O3. The average Bonchev–Trinajstić information content (AvgIpc) is 2.85. The van der Waals surface area contributed by atoms with E-state index in [0.717, 1.165) is 24.8 Å². The molecule has 0 unspecified atom stereocenters. The lowest BCUT2D eigenvalue weighted by Crippen LogP contribution is -2.28. The highest BCUT2D eigenvalue weighted by molar-refractivity contribution is 5.95. The lowest BCUT2D eigenvalue weighted by atomic mass is 9.99. The summed E-state index contributed by atoms with van der Waals surface area (Å²) in [5.41, 5.74) is 7.97. The number of ether oxygens (including phenoxy) is 1. The highest BCUT2D eigenvalue weighted by Crippen LogP contribution is 2.27. The zero-order valence-electron chi connectivity index (χ0n) is 12.9. The first kappa shape index (κ1) is 18.5. The molecule has 122 valence electrons. The monoisotopic (exact) mass is 326 g/mol. The third-order valence-electron chi connectivity index (χ3n) is 4.10. The number of nitrogens with one attached hydrogen (secondary N) is 1. The van der Waals surface area contributed by atoms with E-state index in [-0.39, 0.29) is 30.3 Å². The molecule has 3 N–H and O–H groups in total. The summed E-state index contributed by atoms with van der Waals surface area (Å²) in [6.45, 7) is 1.89. The van der Waals surface area contributed by atoms with E-state index in [9.17, 15) is 9.59 Å². The fourth-order valence-electron chi connectivity index (χ4n) is 2.76. The number of aryl methyl sites for hydroxylation is 1. The van der Waals surface area contributed by atoms with Crippen molar-refractivity contribution in [2.24, 2.45) is 11.7 Å². The number of carbonyl (C=O) groups is 2. The summed E-state index contributed by atoms with van der Waals surface area (Å²) in [4.78, 5) is 23.7. The van der Waals surface area contributed by atoms with Gasteiger partial charge in [-0.05, 0) is 43.4 Å². The number of nitrogens with two attached hydrogens (primary N) is 1. The first-order valence-corrected chi connectivity index (χ1v) is 7.25. The molecule has 0 heterocycles. The van der Waals surface area contributed by atoms with E-state index in [0.29, 0.717) is 17.7 Å². The van der Waals surface area contributed by atoms with Crippen LogP contribution in [0, 0.1) is 12.8 Å². The molecule has 1 aromatic carbocycles. The molecule has 0 bridgehead atoms. The molecule has 1 aliphatic carbocycles. The largest absolute Gasteiger partial charge is 0.465 e. The fraction of sp³-hybridized carbons (Fsp3) is 0.500. The molecule has 0 spiro atoms. The number of methoxy groups -OCH3 is 1. The molecule has 2 atom stereocenters. The lowest BCUT2D eigenvalue weighted by Gasteiger charge is -2.16. The molecule has 2 rings (SSSR count). The van der Waals surface area contributed by atoms with Gasteiger partial charge in [-0.2, -0.15) is 0 Å². The number of anilines is 1. The third-order valence-corrected chi connectivity index (χ3v) is 4.10. The average molecular weight is 327 g/mol. The highest BCUT2D eigenvalue weighted by atomic mass is 35.5.